The zero-order valence-corrected chi connectivity index (χ0v) is 13.2. The molecule has 23 heavy (non-hydrogen) atoms. The first-order valence-electron chi connectivity index (χ1n) is 6.90. The summed E-state index contributed by atoms with van der Waals surface area (Å²) in [5.74, 6) is 6.44. The number of hydrogen-bond acceptors (Lipinski definition) is 5. The van der Waals surface area contributed by atoms with Crippen LogP contribution in [0.2, 0.25) is 0 Å². The predicted molar refractivity (Wildman–Crippen MR) is 89.6 cm³/mol. The van der Waals surface area contributed by atoms with Gasteiger partial charge in [0.15, 0.2) is 0 Å². The van der Waals surface area contributed by atoms with E-state index in [1.165, 1.54) is 0 Å². The van der Waals surface area contributed by atoms with Crippen LogP contribution in [0.15, 0.2) is 42.5 Å². The minimum absolute atomic E-state index is 0.186. The molecule has 0 saturated heterocycles. The summed E-state index contributed by atoms with van der Waals surface area (Å²) in [4.78, 5) is 12.1. The van der Waals surface area contributed by atoms with Gasteiger partial charge in [0.05, 0.1) is 30.9 Å². The van der Waals surface area contributed by atoms with Crippen LogP contribution in [0.5, 0.6) is 5.75 Å². The van der Waals surface area contributed by atoms with E-state index in [1.54, 1.807) is 25.3 Å². The minimum Gasteiger partial charge on any atom is -0.495 e. The van der Waals surface area contributed by atoms with Crippen LogP contribution in [0.4, 0.5) is 0 Å². The molecule has 0 aliphatic carbocycles. The van der Waals surface area contributed by atoms with Crippen LogP contribution in [0.1, 0.15) is 15.9 Å². The van der Waals surface area contributed by atoms with E-state index in [-0.39, 0.29) is 12.5 Å². The maximum atomic E-state index is 12.1. The van der Waals surface area contributed by atoms with E-state index >= 15 is 0 Å². The van der Waals surface area contributed by atoms with Crippen molar-refractivity contribution in [3.63, 3.8) is 0 Å². The highest BCUT2D eigenvalue weighted by Crippen LogP contribution is 2.15. The Kier molecular flexibility index (Phi) is 4.50. The SMILES string of the molecule is COc1ccccc1C#CCNC(=O)c1ccc2nsnc2c1. The van der Waals surface area contributed by atoms with E-state index in [1.807, 2.05) is 24.3 Å². The number of rotatable bonds is 3. The van der Waals surface area contributed by atoms with Crippen LogP contribution in [-0.4, -0.2) is 28.3 Å². The normalized spacial score (nSPS) is 9.96. The first-order valence-corrected chi connectivity index (χ1v) is 7.63. The first-order chi connectivity index (χ1) is 11.3. The lowest BCUT2D eigenvalue weighted by atomic mass is 10.2. The van der Waals surface area contributed by atoms with Crippen LogP contribution in [0, 0.1) is 11.8 Å². The van der Waals surface area contributed by atoms with Crippen molar-refractivity contribution in [2.45, 2.75) is 0 Å². The number of benzene rings is 2. The maximum Gasteiger partial charge on any atom is 0.252 e. The number of ether oxygens (including phenoxy) is 1. The summed E-state index contributed by atoms with van der Waals surface area (Å²) in [6, 6.07) is 12.7. The molecule has 0 aliphatic rings. The number of hydrogen-bond donors (Lipinski definition) is 1. The molecule has 0 unspecified atom stereocenters. The number of para-hydroxylation sites is 1. The van der Waals surface area contributed by atoms with Crippen molar-refractivity contribution in [1.29, 1.82) is 0 Å². The Balaban J connectivity index is 1.64. The fourth-order valence-corrected chi connectivity index (χ4v) is 2.55. The van der Waals surface area contributed by atoms with E-state index in [2.05, 4.69) is 25.9 Å². The summed E-state index contributed by atoms with van der Waals surface area (Å²) < 4.78 is 13.5. The van der Waals surface area contributed by atoms with Crippen molar-refractivity contribution in [3.05, 3.63) is 53.6 Å². The summed E-state index contributed by atoms with van der Waals surface area (Å²) in [5, 5.41) is 2.77. The number of fused-ring (bicyclic) bond motifs is 1. The fraction of sp³-hybridized carbons (Fsp3) is 0.118. The molecular weight excluding hydrogens is 310 g/mol. The molecular formula is C17H13N3O2S. The second-order valence-corrected chi connectivity index (χ2v) is 5.18. The van der Waals surface area contributed by atoms with Gasteiger partial charge >= 0.3 is 0 Å². The van der Waals surface area contributed by atoms with Crippen LogP contribution >= 0.6 is 11.7 Å². The molecule has 0 saturated carbocycles. The van der Waals surface area contributed by atoms with Gasteiger partial charge in [0.25, 0.3) is 5.91 Å². The zero-order chi connectivity index (χ0) is 16.1. The predicted octanol–water partition coefficient (Wildman–Crippen LogP) is 2.48. The van der Waals surface area contributed by atoms with Crippen molar-refractivity contribution in [3.8, 4) is 17.6 Å². The summed E-state index contributed by atoms with van der Waals surface area (Å²) in [6.07, 6.45) is 0. The number of carbonyl (C=O) groups is 1. The van der Waals surface area contributed by atoms with E-state index < -0.39 is 0 Å². The smallest absolute Gasteiger partial charge is 0.252 e. The Labute approximate surface area is 137 Å². The molecule has 1 aromatic heterocycles. The van der Waals surface area contributed by atoms with Crippen LogP contribution in [0.25, 0.3) is 11.0 Å². The molecule has 5 nitrogen and oxygen atoms in total. The Morgan fingerprint density at radius 1 is 1.22 bits per heavy atom. The summed E-state index contributed by atoms with van der Waals surface area (Å²) >= 11 is 1.13. The third-order valence-electron chi connectivity index (χ3n) is 3.18. The first kappa shape index (κ1) is 15.0. The topological polar surface area (TPSA) is 64.1 Å². The van der Waals surface area contributed by atoms with Gasteiger partial charge in [-0.1, -0.05) is 24.0 Å². The van der Waals surface area contributed by atoms with Gasteiger partial charge in [-0.3, -0.25) is 4.79 Å². The summed E-state index contributed by atoms with van der Waals surface area (Å²) in [7, 11) is 1.60. The number of amides is 1. The molecule has 0 bridgehead atoms. The summed E-state index contributed by atoms with van der Waals surface area (Å²) in [6.45, 7) is 0.254. The van der Waals surface area contributed by atoms with E-state index in [0.29, 0.717) is 11.3 Å². The van der Waals surface area contributed by atoms with Crippen molar-refractivity contribution < 1.29 is 9.53 Å². The Morgan fingerprint density at radius 2 is 2.04 bits per heavy atom. The highest BCUT2D eigenvalue weighted by molar-refractivity contribution is 7.00. The molecule has 2 aromatic carbocycles. The molecule has 1 amide bonds. The Bertz CT molecular complexity index is 909. The lowest BCUT2D eigenvalue weighted by Crippen LogP contribution is -2.23. The molecule has 0 fully saturated rings. The molecule has 114 valence electrons. The quantitative estimate of drug-likeness (QED) is 0.752. The second-order valence-electron chi connectivity index (χ2n) is 4.65. The standard InChI is InChI=1S/C17H13N3O2S/c1-22-16-7-3-2-5-12(16)6-4-10-18-17(21)13-8-9-14-15(11-13)20-23-19-14/h2-3,5,7-9,11H,10H2,1H3,(H,18,21). The number of nitrogens with one attached hydrogen (secondary N) is 1. The van der Waals surface area contributed by atoms with E-state index in [4.69, 9.17) is 4.74 Å². The van der Waals surface area contributed by atoms with Crippen LogP contribution in [0.3, 0.4) is 0 Å². The molecule has 6 heteroatoms. The van der Waals surface area contributed by atoms with Gasteiger partial charge in [0.2, 0.25) is 0 Å². The lowest BCUT2D eigenvalue weighted by Gasteiger charge is -2.02. The van der Waals surface area contributed by atoms with Gasteiger partial charge in [0.1, 0.15) is 16.8 Å². The molecule has 0 spiro atoms. The van der Waals surface area contributed by atoms with Gasteiger partial charge in [0, 0.05) is 5.56 Å². The third-order valence-corrected chi connectivity index (χ3v) is 3.74. The van der Waals surface area contributed by atoms with Crippen molar-refractivity contribution >= 4 is 28.7 Å². The van der Waals surface area contributed by atoms with E-state index in [9.17, 15) is 4.79 Å². The van der Waals surface area contributed by atoms with Crippen LogP contribution < -0.4 is 10.1 Å². The molecule has 1 N–H and O–H groups in total. The minimum atomic E-state index is -0.186. The maximum absolute atomic E-state index is 12.1. The Hall–Kier alpha value is -2.91. The van der Waals surface area contributed by atoms with E-state index in [0.717, 1.165) is 28.3 Å². The Morgan fingerprint density at radius 3 is 2.91 bits per heavy atom. The highest BCUT2D eigenvalue weighted by atomic mass is 32.1. The fourth-order valence-electron chi connectivity index (χ4n) is 2.04. The number of nitrogens with zero attached hydrogens (tertiary/aromatic N) is 2. The highest BCUT2D eigenvalue weighted by Gasteiger charge is 2.07. The largest absolute Gasteiger partial charge is 0.495 e. The molecule has 1 heterocycles. The van der Waals surface area contributed by atoms with Gasteiger partial charge in [-0.05, 0) is 30.3 Å². The average Bonchev–Trinajstić information content (AvgIpc) is 3.06. The summed E-state index contributed by atoms with van der Waals surface area (Å²) in [5.41, 5.74) is 2.86. The van der Waals surface area contributed by atoms with Gasteiger partial charge < -0.3 is 10.1 Å². The molecule has 0 atom stereocenters. The number of aromatic nitrogens is 2. The molecule has 3 aromatic rings. The third kappa shape index (κ3) is 3.47. The van der Waals surface area contributed by atoms with Gasteiger partial charge in [-0.2, -0.15) is 8.75 Å². The average molecular weight is 323 g/mol. The number of methoxy groups -OCH3 is 1. The molecule has 3 rings (SSSR count). The van der Waals surface area contributed by atoms with Crippen molar-refractivity contribution in [2.24, 2.45) is 0 Å². The monoisotopic (exact) mass is 323 g/mol. The van der Waals surface area contributed by atoms with Crippen molar-refractivity contribution in [1.82, 2.24) is 14.1 Å². The second kappa shape index (κ2) is 6.90. The zero-order valence-electron chi connectivity index (χ0n) is 12.4. The molecule has 0 aliphatic heterocycles. The van der Waals surface area contributed by atoms with Crippen molar-refractivity contribution in [2.75, 3.05) is 13.7 Å². The van der Waals surface area contributed by atoms with Gasteiger partial charge in [-0.15, -0.1) is 0 Å². The lowest BCUT2D eigenvalue weighted by molar-refractivity contribution is 0.0959. The van der Waals surface area contributed by atoms with Gasteiger partial charge in [-0.25, -0.2) is 0 Å². The van der Waals surface area contributed by atoms with Crippen LogP contribution in [-0.2, 0) is 0 Å². The molecule has 0 radical (unpaired) electrons. The number of carbonyl (C=O) groups excluding carboxylic acids is 1.